The Morgan fingerprint density at radius 3 is 2.57 bits per heavy atom. The predicted molar refractivity (Wildman–Crippen MR) is 108 cm³/mol. The van der Waals surface area contributed by atoms with Crippen LogP contribution >= 0.6 is 0 Å². The smallest absolute Gasteiger partial charge is 0.252 e. The van der Waals surface area contributed by atoms with Crippen LogP contribution < -0.4 is 20.1 Å². The van der Waals surface area contributed by atoms with E-state index in [1.165, 1.54) is 0 Å². The van der Waals surface area contributed by atoms with Gasteiger partial charge in [-0.15, -0.1) is 0 Å². The lowest BCUT2D eigenvalue weighted by Crippen LogP contribution is -2.40. The Labute approximate surface area is 165 Å². The number of ether oxygens (including phenoxy) is 2. The highest BCUT2D eigenvalue weighted by atomic mass is 16.7. The normalized spacial score (nSPS) is 12.6. The fourth-order valence-electron chi connectivity index (χ4n) is 2.99. The van der Waals surface area contributed by atoms with Crippen molar-refractivity contribution in [3.8, 4) is 11.5 Å². The Morgan fingerprint density at radius 1 is 1.07 bits per heavy atom. The van der Waals surface area contributed by atoms with Crippen LogP contribution in [0.5, 0.6) is 11.5 Å². The van der Waals surface area contributed by atoms with Crippen molar-refractivity contribution in [2.45, 2.75) is 46.1 Å². The van der Waals surface area contributed by atoms with Gasteiger partial charge < -0.3 is 20.1 Å². The fraction of sp³-hybridized carbons (Fsp3) is 0.364. The molecule has 28 heavy (non-hydrogen) atoms. The van der Waals surface area contributed by atoms with E-state index in [-0.39, 0.29) is 24.1 Å². The zero-order chi connectivity index (χ0) is 20.3. The van der Waals surface area contributed by atoms with Gasteiger partial charge in [-0.2, -0.15) is 0 Å². The predicted octanol–water partition coefficient (Wildman–Crippen LogP) is 3.82. The molecule has 148 valence electrons. The van der Waals surface area contributed by atoms with Gasteiger partial charge in [-0.25, -0.2) is 0 Å². The minimum atomic E-state index is -0.326. The van der Waals surface area contributed by atoms with Crippen molar-refractivity contribution in [3.63, 3.8) is 0 Å². The average Bonchev–Trinajstić information content (AvgIpc) is 3.08. The summed E-state index contributed by atoms with van der Waals surface area (Å²) in [5.74, 6) is 1.19. The molecule has 0 saturated carbocycles. The summed E-state index contributed by atoms with van der Waals surface area (Å²) in [6, 6.07) is 11.0. The summed E-state index contributed by atoms with van der Waals surface area (Å²) >= 11 is 0. The van der Waals surface area contributed by atoms with Gasteiger partial charge >= 0.3 is 0 Å². The monoisotopic (exact) mass is 382 g/mol. The zero-order valence-electron chi connectivity index (χ0n) is 16.7. The van der Waals surface area contributed by atoms with Crippen molar-refractivity contribution in [2.24, 2.45) is 0 Å². The van der Waals surface area contributed by atoms with Gasteiger partial charge in [0.25, 0.3) is 5.91 Å². The number of anilines is 1. The molecular weight excluding hydrogens is 356 g/mol. The van der Waals surface area contributed by atoms with E-state index in [2.05, 4.69) is 10.6 Å². The number of aryl methyl sites for hydroxylation is 1. The maximum atomic E-state index is 12.5. The summed E-state index contributed by atoms with van der Waals surface area (Å²) < 4.78 is 10.7. The molecule has 0 saturated heterocycles. The number of carbonyl (C=O) groups excluding carboxylic acids is 2. The molecule has 2 N–H and O–H groups in total. The first kappa shape index (κ1) is 19.7. The van der Waals surface area contributed by atoms with Gasteiger partial charge in [-0.3, -0.25) is 9.59 Å². The Bertz CT molecular complexity index is 900. The summed E-state index contributed by atoms with van der Waals surface area (Å²) in [6.07, 6.45) is 0.920. The van der Waals surface area contributed by atoms with Crippen molar-refractivity contribution in [1.82, 2.24) is 5.32 Å². The van der Waals surface area contributed by atoms with Crippen LogP contribution in [0.15, 0.2) is 36.4 Å². The fourth-order valence-corrected chi connectivity index (χ4v) is 2.99. The van der Waals surface area contributed by atoms with Gasteiger partial charge in [0.05, 0.1) is 0 Å². The second-order valence-electron chi connectivity index (χ2n) is 7.92. The maximum Gasteiger partial charge on any atom is 0.252 e. The molecule has 3 rings (SSSR count). The van der Waals surface area contributed by atoms with Crippen molar-refractivity contribution in [3.05, 3.63) is 53.1 Å². The molecule has 6 heteroatoms. The zero-order valence-corrected chi connectivity index (χ0v) is 16.7. The van der Waals surface area contributed by atoms with E-state index in [1.807, 2.05) is 52.0 Å². The van der Waals surface area contributed by atoms with Crippen molar-refractivity contribution in [1.29, 1.82) is 0 Å². The van der Waals surface area contributed by atoms with Crippen LogP contribution in [0.25, 0.3) is 0 Å². The van der Waals surface area contributed by atoms with Crippen molar-refractivity contribution in [2.75, 3.05) is 12.1 Å². The summed E-state index contributed by atoms with van der Waals surface area (Å²) in [4.78, 5) is 24.9. The van der Waals surface area contributed by atoms with E-state index in [0.29, 0.717) is 29.8 Å². The summed E-state index contributed by atoms with van der Waals surface area (Å²) in [5, 5.41) is 5.87. The Hall–Kier alpha value is -3.02. The van der Waals surface area contributed by atoms with Crippen LogP contribution in [-0.2, 0) is 11.2 Å². The number of benzene rings is 2. The highest BCUT2D eigenvalue weighted by Crippen LogP contribution is 2.32. The second kappa shape index (κ2) is 7.92. The molecule has 0 unspecified atom stereocenters. The topological polar surface area (TPSA) is 76.7 Å². The Morgan fingerprint density at radius 2 is 1.82 bits per heavy atom. The Kier molecular flexibility index (Phi) is 5.58. The molecule has 1 heterocycles. The van der Waals surface area contributed by atoms with Gasteiger partial charge in [0.1, 0.15) is 0 Å². The molecule has 0 spiro atoms. The SMILES string of the molecule is Cc1c(NC(=O)CCc2ccc3c(c2)OCO3)cccc1C(=O)NC(C)(C)C. The Balaban J connectivity index is 1.62. The molecule has 1 aliphatic rings. The summed E-state index contributed by atoms with van der Waals surface area (Å²) in [5.41, 5.74) is 2.64. The van der Waals surface area contributed by atoms with E-state index >= 15 is 0 Å². The van der Waals surface area contributed by atoms with E-state index in [4.69, 9.17) is 9.47 Å². The van der Waals surface area contributed by atoms with E-state index in [9.17, 15) is 9.59 Å². The third kappa shape index (κ3) is 4.82. The van der Waals surface area contributed by atoms with Gasteiger partial charge in [0.15, 0.2) is 11.5 Å². The molecule has 2 aromatic carbocycles. The molecule has 0 aliphatic carbocycles. The number of hydrogen-bond acceptors (Lipinski definition) is 4. The lowest BCUT2D eigenvalue weighted by Gasteiger charge is -2.21. The van der Waals surface area contributed by atoms with E-state index < -0.39 is 0 Å². The molecule has 0 aromatic heterocycles. The lowest BCUT2D eigenvalue weighted by atomic mass is 10.0. The molecule has 2 amide bonds. The van der Waals surface area contributed by atoms with Gasteiger partial charge in [-0.05, 0) is 69.5 Å². The quantitative estimate of drug-likeness (QED) is 0.824. The number of carbonyl (C=O) groups is 2. The second-order valence-corrected chi connectivity index (χ2v) is 7.92. The average molecular weight is 382 g/mol. The molecule has 0 fully saturated rings. The third-order valence-corrected chi connectivity index (χ3v) is 4.42. The maximum absolute atomic E-state index is 12.5. The van der Waals surface area contributed by atoms with Gasteiger partial charge in [-0.1, -0.05) is 12.1 Å². The van der Waals surface area contributed by atoms with Gasteiger partial charge in [0, 0.05) is 23.2 Å². The standard InChI is InChI=1S/C22H26N2O4/c1-14-16(21(26)24-22(2,3)4)6-5-7-17(14)23-20(25)11-9-15-8-10-18-19(12-15)28-13-27-18/h5-8,10,12H,9,11,13H2,1-4H3,(H,23,25)(H,24,26). The van der Waals surface area contributed by atoms with Crippen LogP contribution in [-0.4, -0.2) is 24.1 Å². The van der Waals surface area contributed by atoms with Crippen LogP contribution in [0.3, 0.4) is 0 Å². The molecule has 0 bridgehead atoms. The third-order valence-electron chi connectivity index (χ3n) is 4.42. The van der Waals surface area contributed by atoms with Crippen molar-refractivity contribution < 1.29 is 19.1 Å². The van der Waals surface area contributed by atoms with E-state index in [1.54, 1.807) is 12.1 Å². The number of hydrogen-bond donors (Lipinski definition) is 2. The largest absolute Gasteiger partial charge is 0.454 e. The van der Waals surface area contributed by atoms with Crippen LogP contribution in [0, 0.1) is 6.92 Å². The molecule has 1 aliphatic heterocycles. The number of fused-ring (bicyclic) bond motifs is 1. The molecule has 6 nitrogen and oxygen atoms in total. The highest BCUT2D eigenvalue weighted by Gasteiger charge is 2.19. The van der Waals surface area contributed by atoms with Crippen LogP contribution in [0.4, 0.5) is 5.69 Å². The van der Waals surface area contributed by atoms with Gasteiger partial charge in [0.2, 0.25) is 12.7 Å². The lowest BCUT2D eigenvalue weighted by molar-refractivity contribution is -0.116. The first-order chi connectivity index (χ1) is 13.2. The van der Waals surface area contributed by atoms with Crippen LogP contribution in [0.1, 0.15) is 48.7 Å². The minimum Gasteiger partial charge on any atom is -0.454 e. The first-order valence-corrected chi connectivity index (χ1v) is 9.33. The molecule has 0 atom stereocenters. The summed E-state index contributed by atoms with van der Waals surface area (Å²) in [6.45, 7) is 7.87. The number of nitrogens with one attached hydrogen (secondary N) is 2. The molecule has 0 radical (unpaired) electrons. The number of rotatable bonds is 5. The van der Waals surface area contributed by atoms with E-state index in [0.717, 1.165) is 16.9 Å². The number of amides is 2. The first-order valence-electron chi connectivity index (χ1n) is 9.33. The van der Waals surface area contributed by atoms with Crippen molar-refractivity contribution >= 4 is 17.5 Å². The summed E-state index contributed by atoms with van der Waals surface area (Å²) in [7, 11) is 0. The minimum absolute atomic E-state index is 0.103. The molecule has 2 aromatic rings. The molecular formula is C22H26N2O4. The van der Waals surface area contributed by atoms with Crippen LogP contribution in [0.2, 0.25) is 0 Å². The highest BCUT2D eigenvalue weighted by molar-refractivity contribution is 5.99.